The van der Waals surface area contributed by atoms with Crippen molar-refractivity contribution >= 4 is 11.7 Å². The van der Waals surface area contributed by atoms with Crippen molar-refractivity contribution in [2.75, 3.05) is 19.0 Å². The normalized spacial score (nSPS) is 36.3. The van der Waals surface area contributed by atoms with Crippen molar-refractivity contribution in [3.63, 3.8) is 0 Å². The molecule has 1 spiro atoms. The van der Waals surface area contributed by atoms with E-state index >= 15 is 0 Å². The summed E-state index contributed by atoms with van der Waals surface area (Å²) in [5.41, 5.74) is 4.00. The zero-order valence-corrected chi connectivity index (χ0v) is 15.9. The number of hydrogen-bond donors (Lipinski definition) is 1. The van der Waals surface area contributed by atoms with Crippen LogP contribution in [0, 0.1) is 16.7 Å². The molecule has 4 atom stereocenters. The average Bonchev–Trinajstić information content (AvgIpc) is 3.28. The maximum atomic E-state index is 12.8. The molecule has 1 N–H and O–H groups in total. The lowest BCUT2D eigenvalue weighted by molar-refractivity contribution is -0.137. The monoisotopic (exact) mass is 363 g/mol. The lowest BCUT2D eigenvalue weighted by atomic mass is 9.53. The van der Waals surface area contributed by atoms with Crippen LogP contribution < -0.4 is 5.32 Å². The zero-order valence-electron chi connectivity index (χ0n) is 15.9. The van der Waals surface area contributed by atoms with Gasteiger partial charge in [0.05, 0.1) is 30.2 Å². The number of carbonyl (C=O) groups is 1. The van der Waals surface area contributed by atoms with E-state index in [0.29, 0.717) is 0 Å². The number of rotatable bonds is 2. The Labute approximate surface area is 160 Å². The van der Waals surface area contributed by atoms with Crippen molar-refractivity contribution in [3.8, 4) is 6.07 Å². The molecule has 5 rings (SSSR count). The maximum absolute atomic E-state index is 12.8. The van der Waals surface area contributed by atoms with Crippen LogP contribution in [-0.4, -0.2) is 36.6 Å². The highest BCUT2D eigenvalue weighted by atomic mass is 16.5. The van der Waals surface area contributed by atoms with Crippen LogP contribution in [0.5, 0.6) is 0 Å². The molecule has 1 aromatic carbocycles. The molecule has 0 amide bonds. The van der Waals surface area contributed by atoms with E-state index in [0.717, 1.165) is 55.6 Å². The van der Waals surface area contributed by atoms with Crippen LogP contribution in [0.4, 0.5) is 5.69 Å². The second-order valence-corrected chi connectivity index (χ2v) is 8.45. The first-order chi connectivity index (χ1) is 13.1. The molecule has 140 valence electrons. The second-order valence-electron chi connectivity index (χ2n) is 8.45. The highest BCUT2D eigenvalue weighted by Gasteiger charge is 2.67. The Balaban J connectivity index is 1.81. The number of nitrogens with one attached hydrogen (secondary N) is 1. The average molecular weight is 363 g/mol. The summed E-state index contributed by atoms with van der Waals surface area (Å²) in [6, 6.07) is 11.2. The molecule has 27 heavy (non-hydrogen) atoms. The standard InChI is InChI=1S/C22H25N3O2/c1-3-21-9-8-14(13-23)25-11-10-22(20(21)25)16-6-4-5-7-17(16)24-18(22)15(12-21)19(26)27-2/h4-7,14,20,24H,3,8-12H2,1-2H3/t14-,20?,21-,22-/m0/s1. The van der Waals surface area contributed by atoms with Gasteiger partial charge < -0.3 is 10.1 Å². The summed E-state index contributed by atoms with van der Waals surface area (Å²) in [5.74, 6) is -0.211. The summed E-state index contributed by atoms with van der Waals surface area (Å²) in [7, 11) is 1.48. The first-order valence-corrected chi connectivity index (χ1v) is 9.95. The molecular weight excluding hydrogens is 338 g/mol. The molecular formula is C22H25N3O2. The van der Waals surface area contributed by atoms with Gasteiger partial charge in [-0.05, 0) is 49.1 Å². The van der Waals surface area contributed by atoms with Crippen LogP contribution in [0.3, 0.4) is 0 Å². The van der Waals surface area contributed by atoms with Gasteiger partial charge in [0.2, 0.25) is 0 Å². The second kappa shape index (κ2) is 5.59. The van der Waals surface area contributed by atoms with Crippen molar-refractivity contribution in [2.45, 2.75) is 56.5 Å². The summed E-state index contributed by atoms with van der Waals surface area (Å²) >= 11 is 0. The number of benzene rings is 1. The van der Waals surface area contributed by atoms with Gasteiger partial charge in [0.25, 0.3) is 0 Å². The third-order valence-corrected chi connectivity index (χ3v) is 7.69. The van der Waals surface area contributed by atoms with E-state index < -0.39 is 0 Å². The number of hydrogen-bond acceptors (Lipinski definition) is 5. The Morgan fingerprint density at radius 3 is 2.96 bits per heavy atom. The van der Waals surface area contributed by atoms with Crippen LogP contribution in [0.25, 0.3) is 0 Å². The smallest absolute Gasteiger partial charge is 0.335 e. The van der Waals surface area contributed by atoms with E-state index in [1.807, 2.05) is 6.07 Å². The van der Waals surface area contributed by atoms with E-state index in [4.69, 9.17) is 4.74 Å². The van der Waals surface area contributed by atoms with E-state index in [-0.39, 0.29) is 28.9 Å². The fourth-order valence-corrected chi connectivity index (χ4v) is 6.60. The van der Waals surface area contributed by atoms with E-state index in [1.165, 1.54) is 12.7 Å². The Morgan fingerprint density at radius 2 is 2.22 bits per heavy atom. The van der Waals surface area contributed by atoms with Crippen molar-refractivity contribution in [3.05, 3.63) is 41.1 Å². The van der Waals surface area contributed by atoms with Gasteiger partial charge in [-0.25, -0.2) is 4.79 Å². The molecule has 3 aliphatic heterocycles. The molecule has 0 saturated carbocycles. The summed E-state index contributed by atoms with van der Waals surface area (Å²) in [5, 5.41) is 13.4. The van der Waals surface area contributed by atoms with Crippen molar-refractivity contribution in [2.24, 2.45) is 5.41 Å². The first kappa shape index (κ1) is 16.8. The molecule has 5 heteroatoms. The lowest BCUT2D eigenvalue weighted by Crippen LogP contribution is -2.62. The Bertz CT molecular complexity index is 901. The maximum Gasteiger partial charge on any atom is 0.335 e. The minimum atomic E-state index is -0.232. The highest BCUT2D eigenvalue weighted by Crippen LogP contribution is 2.65. The lowest BCUT2D eigenvalue weighted by Gasteiger charge is -2.57. The third kappa shape index (κ3) is 1.89. The number of ether oxygens (including phenoxy) is 1. The van der Waals surface area contributed by atoms with Crippen LogP contribution in [-0.2, 0) is 14.9 Å². The number of fused-ring (bicyclic) bond motifs is 1. The fourth-order valence-electron chi connectivity index (χ4n) is 6.60. The molecule has 1 aromatic rings. The quantitative estimate of drug-likeness (QED) is 0.817. The van der Waals surface area contributed by atoms with Gasteiger partial charge in [-0.3, -0.25) is 4.90 Å². The molecule has 0 bridgehead atoms. The third-order valence-electron chi connectivity index (χ3n) is 7.69. The van der Waals surface area contributed by atoms with Crippen LogP contribution in [0.15, 0.2) is 35.5 Å². The van der Waals surface area contributed by atoms with Crippen LogP contribution >= 0.6 is 0 Å². The van der Waals surface area contributed by atoms with Gasteiger partial charge in [0, 0.05) is 24.0 Å². The number of carbonyl (C=O) groups excluding carboxylic acids is 1. The minimum Gasteiger partial charge on any atom is -0.466 e. The summed E-state index contributed by atoms with van der Waals surface area (Å²) < 4.78 is 5.21. The minimum absolute atomic E-state index is 0.00993. The summed E-state index contributed by atoms with van der Waals surface area (Å²) in [6.07, 6.45) is 4.55. The molecule has 0 aromatic heterocycles. The van der Waals surface area contributed by atoms with Gasteiger partial charge in [-0.1, -0.05) is 25.1 Å². The zero-order chi connectivity index (χ0) is 18.8. The molecule has 2 fully saturated rings. The largest absolute Gasteiger partial charge is 0.466 e. The van der Waals surface area contributed by atoms with Gasteiger partial charge in [-0.2, -0.15) is 5.26 Å². The number of para-hydroxylation sites is 1. The fraction of sp³-hybridized carbons (Fsp3) is 0.545. The van der Waals surface area contributed by atoms with Gasteiger partial charge in [0.15, 0.2) is 0 Å². The number of piperidine rings is 1. The van der Waals surface area contributed by atoms with Crippen molar-refractivity contribution < 1.29 is 9.53 Å². The van der Waals surface area contributed by atoms with E-state index in [9.17, 15) is 10.1 Å². The number of anilines is 1. The number of methoxy groups -OCH3 is 1. The van der Waals surface area contributed by atoms with Gasteiger partial charge in [0.1, 0.15) is 0 Å². The predicted molar refractivity (Wildman–Crippen MR) is 102 cm³/mol. The summed E-state index contributed by atoms with van der Waals surface area (Å²) in [4.78, 5) is 15.2. The first-order valence-electron chi connectivity index (χ1n) is 9.95. The summed E-state index contributed by atoms with van der Waals surface area (Å²) in [6.45, 7) is 3.14. The SMILES string of the molecule is CC[C@]12CC[C@@H](C#N)N3CC[C@]4(C(=C(C(=O)OC)C1)Nc1ccccc14)C32. The number of nitriles is 1. The molecule has 5 nitrogen and oxygen atoms in total. The van der Waals surface area contributed by atoms with Crippen LogP contribution in [0.1, 0.15) is 44.6 Å². The molecule has 1 aliphatic carbocycles. The molecule has 4 aliphatic rings. The highest BCUT2D eigenvalue weighted by molar-refractivity contribution is 5.93. The molecule has 0 radical (unpaired) electrons. The predicted octanol–water partition coefficient (Wildman–Crippen LogP) is 3.34. The Morgan fingerprint density at radius 1 is 1.41 bits per heavy atom. The van der Waals surface area contributed by atoms with Crippen molar-refractivity contribution in [1.82, 2.24) is 4.90 Å². The molecule has 1 unspecified atom stereocenters. The number of esters is 1. The topological polar surface area (TPSA) is 65.4 Å². The van der Waals surface area contributed by atoms with Crippen LogP contribution in [0.2, 0.25) is 0 Å². The van der Waals surface area contributed by atoms with Gasteiger partial charge in [-0.15, -0.1) is 0 Å². The number of nitrogens with zero attached hydrogens (tertiary/aromatic N) is 2. The Hall–Kier alpha value is -2.32. The Kier molecular flexibility index (Phi) is 3.48. The van der Waals surface area contributed by atoms with E-state index in [1.54, 1.807) is 0 Å². The molecule has 2 saturated heterocycles. The van der Waals surface area contributed by atoms with E-state index in [2.05, 4.69) is 41.4 Å². The van der Waals surface area contributed by atoms with Crippen molar-refractivity contribution in [1.29, 1.82) is 5.26 Å². The molecule has 3 heterocycles. The van der Waals surface area contributed by atoms with Gasteiger partial charge >= 0.3 is 5.97 Å².